The molecule has 0 saturated carbocycles. The molecule has 2 aliphatic rings. The minimum absolute atomic E-state index is 0.0123. The summed E-state index contributed by atoms with van der Waals surface area (Å²) in [6, 6.07) is 4.46. The van der Waals surface area contributed by atoms with E-state index in [2.05, 4.69) is 10.6 Å². The Balaban J connectivity index is 1.78. The van der Waals surface area contributed by atoms with Gasteiger partial charge >= 0.3 is 0 Å². The maximum absolute atomic E-state index is 12.9. The molecule has 0 unspecified atom stereocenters. The highest BCUT2D eigenvalue weighted by Gasteiger charge is 2.37. The molecule has 146 valence electrons. The summed E-state index contributed by atoms with van der Waals surface area (Å²) in [5.41, 5.74) is 2.45. The van der Waals surface area contributed by atoms with Gasteiger partial charge in [0.15, 0.2) is 0 Å². The fraction of sp³-hybridized carbons (Fsp3) is 0.550. The highest BCUT2D eigenvalue weighted by molar-refractivity contribution is 6.05. The van der Waals surface area contributed by atoms with Gasteiger partial charge in [-0.25, -0.2) is 0 Å². The molecule has 0 aliphatic carbocycles. The normalized spacial score (nSPS) is 21.7. The first-order chi connectivity index (χ1) is 12.8. The molecule has 7 nitrogen and oxygen atoms in total. The van der Waals surface area contributed by atoms with Crippen molar-refractivity contribution in [1.82, 2.24) is 10.2 Å². The summed E-state index contributed by atoms with van der Waals surface area (Å²) in [4.78, 5) is 41.5. The van der Waals surface area contributed by atoms with Gasteiger partial charge in [-0.2, -0.15) is 0 Å². The molecular weight excluding hydrogens is 344 g/mol. The minimum atomic E-state index is -0.721. The molecule has 2 atom stereocenters. The van der Waals surface area contributed by atoms with Gasteiger partial charge in [-0.05, 0) is 31.4 Å². The number of amides is 3. The third-order valence-corrected chi connectivity index (χ3v) is 5.25. The van der Waals surface area contributed by atoms with E-state index in [1.807, 2.05) is 51.0 Å². The van der Waals surface area contributed by atoms with Crippen LogP contribution in [0.2, 0.25) is 0 Å². The first kappa shape index (κ1) is 19.2. The highest BCUT2D eigenvalue weighted by Crippen LogP contribution is 2.34. The van der Waals surface area contributed by atoms with E-state index in [4.69, 9.17) is 0 Å². The van der Waals surface area contributed by atoms with Crippen LogP contribution in [0.3, 0.4) is 0 Å². The van der Waals surface area contributed by atoms with Gasteiger partial charge < -0.3 is 20.4 Å². The van der Waals surface area contributed by atoms with Crippen LogP contribution in [0.15, 0.2) is 18.2 Å². The van der Waals surface area contributed by atoms with Crippen molar-refractivity contribution in [2.75, 3.05) is 30.9 Å². The van der Waals surface area contributed by atoms with Gasteiger partial charge in [0.25, 0.3) is 5.91 Å². The third kappa shape index (κ3) is 3.77. The lowest BCUT2D eigenvalue weighted by Crippen LogP contribution is -2.53. The van der Waals surface area contributed by atoms with Crippen LogP contribution in [0, 0.1) is 5.92 Å². The molecular formula is C20H28N4O3. The first-order valence-corrected chi connectivity index (χ1v) is 9.52. The van der Waals surface area contributed by atoms with Crippen molar-refractivity contribution >= 4 is 29.1 Å². The van der Waals surface area contributed by atoms with Crippen molar-refractivity contribution in [1.29, 1.82) is 0 Å². The van der Waals surface area contributed by atoms with Crippen molar-refractivity contribution in [2.24, 2.45) is 5.92 Å². The van der Waals surface area contributed by atoms with Gasteiger partial charge in [0, 0.05) is 43.5 Å². The third-order valence-electron chi connectivity index (χ3n) is 5.25. The van der Waals surface area contributed by atoms with Crippen molar-refractivity contribution in [3.63, 3.8) is 0 Å². The fourth-order valence-electron chi connectivity index (χ4n) is 3.71. The van der Waals surface area contributed by atoms with Crippen molar-refractivity contribution in [3.8, 4) is 0 Å². The van der Waals surface area contributed by atoms with E-state index < -0.39 is 12.1 Å². The summed E-state index contributed by atoms with van der Waals surface area (Å²) < 4.78 is 0. The Morgan fingerprint density at radius 3 is 2.67 bits per heavy atom. The van der Waals surface area contributed by atoms with Crippen molar-refractivity contribution < 1.29 is 14.4 Å². The number of fused-ring (bicyclic) bond motifs is 1. The monoisotopic (exact) mass is 372 g/mol. The second-order valence-electron chi connectivity index (χ2n) is 7.79. The molecule has 1 saturated heterocycles. The second kappa shape index (κ2) is 7.58. The average Bonchev–Trinajstić information content (AvgIpc) is 2.95. The Labute approximate surface area is 160 Å². The van der Waals surface area contributed by atoms with E-state index in [0.29, 0.717) is 13.0 Å². The van der Waals surface area contributed by atoms with Crippen LogP contribution in [0.4, 0.5) is 11.4 Å². The number of hydrogen-bond acceptors (Lipinski definition) is 4. The summed E-state index contributed by atoms with van der Waals surface area (Å²) >= 11 is 0. The molecule has 7 heteroatoms. The maximum atomic E-state index is 12.9. The topological polar surface area (TPSA) is 81.8 Å². The summed E-state index contributed by atoms with van der Waals surface area (Å²) in [6.45, 7) is 4.28. The second-order valence-corrected chi connectivity index (χ2v) is 7.79. The number of nitrogens with one attached hydrogen (secondary N) is 2. The summed E-state index contributed by atoms with van der Waals surface area (Å²) in [5.74, 6) is -0.666. The Bertz CT molecular complexity index is 760. The Morgan fingerprint density at radius 1 is 1.26 bits per heavy atom. The zero-order chi connectivity index (χ0) is 19.7. The van der Waals surface area contributed by atoms with E-state index in [-0.39, 0.29) is 23.6 Å². The average molecular weight is 372 g/mol. The van der Waals surface area contributed by atoms with Gasteiger partial charge in [-0.3, -0.25) is 14.4 Å². The van der Waals surface area contributed by atoms with E-state index in [1.165, 1.54) is 0 Å². The van der Waals surface area contributed by atoms with E-state index in [1.54, 1.807) is 4.90 Å². The molecule has 2 heterocycles. The Kier molecular flexibility index (Phi) is 5.39. The molecule has 1 aromatic rings. The van der Waals surface area contributed by atoms with Crippen LogP contribution in [-0.2, 0) is 14.4 Å². The van der Waals surface area contributed by atoms with Gasteiger partial charge in [-0.1, -0.05) is 19.9 Å². The SMILES string of the molecule is CC(C)C(=O)N1CCCC[C@@H]1C(=O)N[C@H]1C(=O)Nc2cc(N(C)C)ccc21. The molecule has 0 aromatic heterocycles. The number of carbonyl (C=O) groups is 3. The van der Waals surface area contributed by atoms with Gasteiger partial charge in [-0.15, -0.1) is 0 Å². The first-order valence-electron chi connectivity index (χ1n) is 9.52. The van der Waals surface area contributed by atoms with Crippen LogP contribution in [0.25, 0.3) is 0 Å². The highest BCUT2D eigenvalue weighted by atomic mass is 16.2. The van der Waals surface area contributed by atoms with Crippen LogP contribution in [0.5, 0.6) is 0 Å². The van der Waals surface area contributed by atoms with Crippen LogP contribution >= 0.6 is 0 Å². The van der Waals surface area contributed by atoms with Gasteiger partial charge in [0.2, 0.25) is 11.8 Å². The number of benzene rings is 1. The predicted octanol–water partition coefficient (Wildman–Crippen LogP) is 1.90. The lowest BCUT2D eigenvalue weighted by atomic mass is 9.98. The van der Waals surface area contributed by atoms with E-state index in [0.717, 1.165) is 29.8 Å². The summed E-state index contributed by atoms with van der Waals surface area (Å²) in [6.07, 6.45) is 2.44. The molecule has 3 amide bonds. The van der Waals surface area contributed by atoms with Crippen molar-refractivity contribution in [3.05, 3.63) is 23.8 Å². The standard InChI is InChI=1S/C20H28N4O3/c1-12(2)20(27)24-10-6-5-7-16(24)18(25)22-17-14-9-8-13(23(3)4)11-15(14)21-19(17)26/h8-9,11-12,16-17H,5-7,10H2,1-4H3,(H,21,26)(H,22,25)/t16-,17-/m1/s1. The Morgan fingerprint density at radius 2 is 2.00 bits per heavy atom. The number of carbonyl (C=O) groups excluding carboxylic acids is 3. The fourth-order valence-corrected chi connectivity index (χ4v) is 3.71. The molecule has 27 heavy (non-hydrogen) atoms. The Hall–Kier alpha value is -2.57. The molecule has 3 rings (SSSR count). The molecule has 0 spiro atoms. The minimum Gasteiger partial charge on any atom is -0.378 e. The molecule has 0 radical (unpaired) electrons. The molecule has 2 N–H and O–H groups in total. The lowest BCUT2D eigenvalue weighted by molar-refractivity contribution is -0.145. The van der Waals surface area contributed by atoms with Gasteiger partial charge in [0.1, 0.15) is 12.1 Å². The maximum Gasteiger partial charge on any atom is 0.251 e. The van der Waals surface area contributed by atoms with Crippen LogP contribution in [-0.4, -0.2) is 49.3 Å². The van der Waals surface area contributed by atoms with E-state index in [9.17, 15) is 14.4 Å². The summed E-state index contributed by atoms with van der Waals surface area (Å²) in [7, 11) is 3.86. The van der Waals surface area contributed by atoms with Crippen LogP contribution < -0.4 is 15.5 Å². The number of rotatable bonds is 4. The molecule has 0 bridgehead atoms. The largest absolute Gasteiger partial charge is 0.378 e. The number of anilines is 2. The van der Waals surface area contributed by atoms with Gasteiger partial charge in [0.05, 0.1) is 0 Å². The molecule has 1 fully saturated rings. The quantitative estimate of drug-likeness (QED) is 0.846. The summed E-state index contributed by atoms with van der Waals surface area (Å²) in [5, 5.41) is 5.71. The predicted molar refractivity (Wildman–Crippen MR) is 104 cm³/mol. The van der Waals surface area contributed by atoms with Crippen molar-refractivity contribution in [2.45, 2.75) is 45.2 Å². The zero-order valence-corrected chi connectivity index (χ0v) is 16.4. The number of hydrogen-bond donors (Lipinski definition) is 2. The molecule has 1 aromatic carbocycles. The smallest absolute Gasteiger partial charge is 0.251 e. The zero-order valence-electron chi connectivity index (χ0n) is 16.4. The van der Waals surface area contributed by atoms with E-state index >= 15 is 0 Å². The number of piperidine rings is 1. The molecule has 2 aliphatic heterocycles. The number of nitrogens with zero attached hydrogens (tertiary/aromatic N) is 2. The number of likely N-dealkylation sites (tertiary alicyclic amines) is 1. The van der Waals surface area contributed by atoms with Crippen LogP contribution in [0.1, 0.15) is 44.7 Å². The lowest BCUT2D eigenvalue weighted by Gasteiger charge is -2.36.